The van der Waals surface area contributed by atoms with Gasteiger partial charge in [-0.3, -0.25) is 9.52 Å². The molecule has 0 fully saturated rings. The highest BCUT2D eigenvalue weighted by Gasteiger charge is 2.30. The lowest BCUT2D eigenvalue weighted by Gasteiger charge is -2.13. The van der Waals surface area contributed by atoms with Crippen LogP contribution in [0, 0.1) is 6.92 Å². The number of aryl methyl sites for hydroxylation is 1. The highest BCUT2D eigenvalue weighted by molar-refractivity contribution is 9.10. The van der Waals surface area contributed by atoms with Crippen molar-refractivity contribution in [2.45, 2.75) is 18.0 Å². The van der Waals surface area contributed by atoms with Crippen LogP contribution in [0.3, 0.4) is 0 Å². The van der Waals surface area contributed by atoms with Gasteiger partial charge in [0.2, 0.25) is 0 Å². The molecule has 0 atom stereocenters. The number of hydrogen-bond acceptors (Lipinski definition) is 3. The van der Waals surface area contributed by atoms with Gasteiger partial charge < -0.3 is 5.32 Å². The Labute approximate surface area is 185 Å². The number of carbonyl (C=O) groups is 1. The molecule has 2 N–H and O–H groups in total. The van der Waals surface area contributed by atoms with E-state index in [1.54, 1.807) is 31.2 Å². The van der Waals surface area contributed by atoms with Crippen LogP contribution in [0.4, 0.5) is 24.5 Å². The summed E-state index contributed by atoms with van der Waals surface area (Å²) in [5.74, 6) is -0.725. The third-order valence-corrected chi connectivity index (χ3v) is 6.22. The number of halogens is 4. The van der Waals surface area contributed by atoms with Crippen molar-refractivity contribution in [1.82, 2.24) is 0 Å². The van der Waals surface area contributed by atoms with Crippen molar-refractivity contribution < 1.29 is 26.4 Å². The van der Waals surface area contributed by atoms with Gasteiger partial charge in [-0.05, 0) is 67.1 Å². The second-order valence-corrected chi connectivity index (χ2v) is 9.22. The third-order valence-electron chi connectivity index (χ3n) is 4.31. The molecule has 1 amide bonds. The first kappa shape index (κ1) is 22.8. The molecule has 3 aromatic rings. The first-order valence-electron chi connectivity index (χ1n) is 8.83. The second kappa shape index (κ2) is 8.72. The van der Waals surface area contributed by atoms with Crippen LogP contribution in [0.25, 0.3) is 0 Å². The molecule has 0 unspecified atom stereocenters. The Morgan fingerprint density at radius 2 is 1.61 bits per heavy atom. The minimum absolute atomic E-state index is 0.0242. The number of rotatable bonds is 5. The van der Waals surface area contributed by atoms with E-state index in [9.17, 15) is 26.4 Å². The summed E-state index contributed by atoms with van der Waals surface area (Å²) in [5.41, 5.74) is -0.139. The molecule has 0 aliphatic carbocycles. The van der Waals surface area contributed by atoms with Gasteiger partial charge in [0.25, 0.3) is 15.9 Å². The number of sulfonamides is 1. The summed E-state index contributed by atoms with van der Waals surface area (Å²) in [6.07, 6.45) is -4.55. The van der Waals surface area contributed by atoms with Crippen LogP contribution >= 0.6 is 15.9 Å². The van der Waals surface area contributed by atoms with E-state index in [1.165, 1.54) is 30.3 Å². The maximum atomic E-state index is 12.9. The number of benzene rings is 3. The van der Waals surface area contributed by atoms with Gasteiger partial charge in [0.15, 0.2) is 0 Å². The van der Waals surface area contributed by atoms with Gasteiger partial charge in [0.05, 0.1) is 10.5 Å². The first-order valence-corrected chi connectivity index (χ1v) is 11.1. The lowest BCUT2D eigenvalue weighted by atomic mass is 10.1. The van der Waals surface area contributed by atoms with Gasteiger partial charge in [0, 0.05) is 21.4 Å². The Hall–Kier alpha value is -2.85. The maximum Gasteiger partial charge on any atom is 0.416 e. The molecule has 5 nitrogen and oxygen atoms in total. The second-order valence-electron chi connectivity index (χ2n) is 6.62. The average Bonchev–Trinajstić information content (AvgIpc) is 2.69. The van der Waals surface area contributed by atoms with Crippen LogP contribution in [0.15, 0.2) is 76.1 Å². The average molecular weight is 513 g/mol. The van der Waals surface area contributed by atoms with Gasteiger partial charge in [0.1, 0.15) is 0 Å². The number of amides is 1. The summed E-state index contributed by atoms with van der Waals surface area (Å²) in [6, 6.07) is 14.6. The van der Waals surface area contributed by atoms with E-state index < -0.39 is 27.7 Å². The molecule has 0 aromatic heterocycles. The predicted molar refractivity (Wildman–Crippen MR) is 116 cm³/mol. The van der Waals surface area contributed by atoms with Crippen molar-refractivity contribution in [3.05, 3.63) is 87.9 Å². The van der Waals surface area contributed by atoms with E-state index in [1.807, 2.05) is 0 Å². The molecule has 10 heteroatoms. The molecule has 0 radical (unpaired) electrons. The lowest BCUT2D eigenvalue weighted by molar-refractivity contribution is -0.137. The fourth-order valence-corrected chi connectivity index (χ4v) is 4.07. The monoisotopic (exact) mass is 512 g/mol. The SMILES string of the molecule is Cc1ccc(S(=O)(=O)Nc2ccc(Br)cc2)cc1C(=O)Nc1cccc(C(F)(F)F)c1. The Morgan fingerprint density at radius 1 is 0.935 bits per heavy atom. The minimum Gasteiger partial charge on any atom is -0.322 e. The predicted octanol–water partition coefficient (Wildman–Crippen LogP) is 5.83. The zero-order valence-electron chi connectivity index (χ0n) is 16.0. The molecule has 0 spiro atoms. The van der Waals surface area contributed by atoms with E-state index in [0.29, 0.717) is 11.3 Å². The number of nitrogens with one attached hydrogen (secondary N) is 2. The van der Waals surface area contributed by atoms with Crippen molar-refractivity contribution in [2.24, 2.45) is 0 Å². The van der Waals surface area contributed by atoms with E-state index in [-0.39, 0.29) is 16.1 Å². The van der Waals surface area contributed by atoms with Crippen molar-refractivity contribution in [2.75, 3.05) is 10.0 Å². The molecular weight excluding hydrogens is 497 g/mol. The zero-order chi connectivity index (χ0) is 22.8. The smallest absolute Gasteiger partial charge is 0.322 e. The molecule has 0 bridgehead atoms. The van der Waals surface area contributed by atoms with E-state index >= 15 is 0 Å². The summed E-state index contributed by atoms with van der Waals surface area (Å²) in [4.78, 5) is 12.5. The van der Waals surface area contributed by atoms with E-state index in [4.69, 9.17) is 0 Å². The molecule has 3 rings (SSSR count). The number of anilines is 2. The summed E-state index contributed by atoms with van der Waals surface area (Å²) >= 11 is 3.26. The Kier molecular flexibility index (Phi) is 6.42. The number of carbonyl (C=O) groups excluding carboxylic acids is 1. The lowest BCUT2D eigenvalue weighted by Crippen LogP contribution is -2.17. The topological polar surface area (TPSA) is 75.3 Å². The molecule has 31 heavy (non-hydrogen) atoms. The van der Waals surface area contributed by atoms with Crippen molar-refractivity contribution in [1.29, 1.82) is 0 Å². The van der Waals surface area contributed by atoms with Gasteiger partial charge in [-0.2, -0.15) is 13.2 Å². The number of hydrogen-bond donors (Lipinski definition) is 2. The minimum atomic E-state index is -4.55. The van der Waals surface area contributed by atoms with Crippen LogP contribution in [0.1, 0.15) is 21.5 Å². The maximum absolute atomic E-state index is 12.9. The van der Waals surface area contributed by atoms with Crippen LogP contribution in [0.5, 0.6) is 0 Å². The van der Waals surface area contributed by atoms with Gasteiger partial charge in [-0.1, -0.05) is 28.1 Å². The molecule has 0 aliphatic heterocycles. The highest BCUT2D eigenvalue weighted by Crippen LogP contribution is 2.31. The fourth-order valence-electron chi connectivity index (χ4n) is 2.72. The van der Waals surface area contributed by atoms with Gasteiger partial charge in [-0.15, -0.1) is 0 Å². The Morgan fingerprint density at radius 3 is 2.26 bits per heavy atom. The van der Waals surface area contributed by atoms with Crippen molar-refractivity contribution in [3.8, 4) is 0 Å². The molecule has 162 valence electrons. The summed E-state index contributed by atoms with van der Waals surface area (Å²) in [5, 5.41) is 2.39. The molecular formula is C21H16BrF3N2O3S. The van der Waals surface area contributed by atoms with Gasteiger partial charge >= 0.3 is 6.18 Å². The quantitative estimate of drug-likeness (QED) is 0.451. The Bertz CT molecular complexity index is 1230. The van der Waals surface area contributed by atoms with Gasteiger partial charge in [-0.25, -0.2) is 8.42 Å². The normalized spacial score (nSPS) is 11.8. The fraction of sp³-hybridized carbons (Fsp3) is 0.0952. The van der Waals surface area contributed by atoms with E-state index in [2.05, 4.69) is 26.0 Å². The first-order chi connectivity index (χ1) is 14.5. The van der Waals surface area contributed by atoms with Crippen LogP contribution in [-0.4, -0.2) is 14.3 Å². The standard InChI is InChI=1S/C21H16BrF3N2O3S/c1-13-5-10-18(31(29,30)27-16-8-6-15(22)7-9-16)12-19(13)20(28)26-17-4-2-3-14(11-17)21(23,24)25/h2-12,27H,1H3,(H,26,28). The largest absolute Gasteiger partial charge is 0.416 e. The van der Waals surface area contributed by atoms with Crippen LogP contribution in [0.2, 0.25) is 0 Å². The molecule has 0 heterocycles. The highest BCUT2D eigenvalue weighted by atomic mass is 79.9. The summed E-state index contributed by atoms with van der Waals surface area (Å²) in [6.45, 7) is 1.60. The van der Waals surface area contributed by atoms with Crippen LogP contribution in [-0.2, 0) is 16.2 Å². The zero-order valence-corrected chi connectivity index (χ0v) is 18.4. The summed E-state index contributed by atoms with van der Waals surface area (Å²) in [7, 11) is -3.99. The number of alkyl halides is 3. The molecule has 0 saturated carbocycles. The van der Waals surface area contributed by atoms with E-state index in [0.717, 1.165) is 16.6 Å². The summed E-state index contributed by atoms with van der Waals surface area (Å²) < 4.78 is 67.3. The van der Waals surface area contributed by atoms with Crippen molar-refractivity contribution in [3.63, 3.8) is 0 Å². The van der Waals surface area contributed by atoms with Crippen LogP contribution < -0.4 is 10.0 Å². The third kappa shape index (κ3) is 5.65. The molecule has 0 saturated heterocycles. The molecule has 0 aliphatic rings. The Balaban J connectivity index is 1.86. The van der Waals surface area contributed by atoms with Crippen molar-refractivity contribution >= 4 is 43.2 Å². The molecule has 3 aromatic carbocycles.